The Hall–Kier alpha value is -2.40. The first-order valence-electron chi connectivity index (χ1n) is 6.68. The van der Waals surface area contributed by atoms with Crippen LogP contribution in [0.3, 0.4) is 0 Å². The number of nitrogens with zero attached hydrogens (tertiary/aromatic N) is 2. The summed E-state index contributed by atoms with van der Waals surface area (Å²) in [6.07, 6.45) is 4.83. The fraction of sp³-hybridized carbons (Fsp3) is 0.188. The van der Waals surface area contributed by atoms with E-state index in [2.05, 4.69) is 15.5 Å². The smallest absolute Gasteiger partial charge is 0.277 e. The number of carbonyl (C=O) groups is 1. The van der Waals surface area contributed by atoms with Crippen LogP contribution in [-0.4, -0.2) is 23.7 Å². The lowest BCUT2D eigenvalue weighted by Gasteiger charge is -2.09. The van der Waals surface area contributed by atoms with Gasteiger partial charge in [0, 0.05) is 23.0 Å². The quantitative estimate of drug-likeness (QED) is 0.681. The van der Waals surface area contributed by atoms with Crippen LogP contribution in [0, 0.1) is 13.8 Å². The number of aryl methyl sites for hydroxylation is 2. The number of amides is 1. The molecule has 0 aliphatic heterocycles. The molecule has 0 aliphatic carbocycles. The number of carbonyl (C=O) groups excluding carboxylic acids is 1. The van der Waals surface area contributed by atoms with Crippen molar-refractivity contribution in [1.29, 1.82) is 0 Å². The van der Waals surface area contributed by atoms with Gasteiger partial charge in [-0.1, -0.05) is 17.7 Å². The highest BCUT2D eigenvalue weighted by molar-refractivity contribution is 6.32. The summed E-state index contributed by atoms with van der Waals surface area (Å²) in [4.78, 5) is 15.6. The summed E-state index contributed by atoms with van der Waals surface area (Å²) >= 11 is 6.08. The summed E-state index contributed by atoms with van der Waals surface area (Å²) < 4.78 is 5.43. The fourth-order valence-corrected chi connectivity index (χ4v) is 1.91. The number of pyridine rings is 1. The molecule has 0 radical (unpaired) electrons. The molecule has 2 aromatic rings. The zero-order chi connectivity index (χ0) is 15.9. The van der Waals surface area contributed by atoms with Gasteiger partial charge in [0.05, 0.1) is 6.21 Å². The van der Waals surface area contributed by atoms with Crippen molar-refractivity contribution >= 4 is 23.7 Å². The van der Waals surface area contributed by atoms with Crippen LogP contribution < -0.4 is 10.2 Å². The van der Waals surface area contributed by atoms with Crippen LogP contribution in [0.15, 0.2) is 41.8 Å². The second-order valence-electron chi connectivity index (χ2n) is 4.74. The van der Waals surface area contributed by atoms with E-state index < -0.39 is 0 Å². The molecule has 0 saturated carbocycles. The first-order chi connectivity index (χ1) is 10.6. The molecular weight excluding hydrogens is 302 g/mol. The second-order valence-corrected chi connectivity index (χ2v) is 5.12. The molecule has 1 amide bonds. The fourth-order valence-electron chi connectivity index (χ4n) is 1.80. The van der Waals surface area contributed by atoms with Crippen LogP contribution in [0.2, 0.25) is 5.02 Å². The molecule has 0 spiro atoms. The Bertz CT molecular complexity index is 664. The number of hydrogen-bond donors (Lipinski definition) is 1. The third-order valence-corrected chi connectivity index (χ3v) is 3.46. The van der Waals surface area contributed by atoms with E-state index in [9.17, 15) is 4.79 Å². The maximum Gasteiger partial charge on any atom is 0.277 e. The largest absolute Gasteiger partial charge is 0.484 e. The van der Waals surface area contributed by atoms with E-state index in [-0.39, 0.29) is 12.5 Å². The molecule has 1 N–H and O–H groups in total. The molecule has 0 saturated heterocycles. The van der Waals surface area contributed by atoms with Crippen LogP contribution in [0.1, 0.15) is 16.7 Å². The van der Waals surface area contributed by atoms with Crippen LogP contribution in [0.5, 0.6) is 5.75 Å². The highest BCUT2D eigenvalue weighted by Crippen LogP contribution is 2.25. The van der Waals surface area contributed by atoms with Gasteiger partial charge in [0.2, 0.25) is 0 Å². The lowest BCUT2D eigenvalue weighted by molar-refractivity contribution is -0.123. The Morgan fingerprint density at radius 2 is 2.14 bits per heavy atom. The van der Waals surface area contributed by atoms with Crippen molar-refractivity contribution in [2.45, 2.75) is 13.8 Å². The predicted molar refractivity (Wildman–Crippen MR) is 86.4 cm³/mol. The van der Waals surface area contributed by atoms with Crippen molar-refractivity contribution in [2.24, 2.45) is 5.10 Å². The molecule has 0 aliphatic rings. The average molecular weight is 318 g/mol. The predicted octanol–water partition coefficient (Wildman–Crippen LogP) is 2.88. The molecule has 0 atom stereocenters. The summed E-state index contributed by atoms with van der Waals surface area (Å²) in [5, 5.41) is 4.54. The van der Waals surface area contributed by atoms with Crippen molar-refractivity contribution < 1.29 is 9.53 Å². The van der Waals surface area contributed by atoms with Gasteiger partial charge in [-0.3, -0.25) is 9.78 Å². The van der Waals surface area contributed by atoms with E-state index in [1.807, 2.05) is 19.9 Å². The number of hydrazone groups is 1. The average Bonchev–Trinajstić information content (AvgIpc) is 2.51. The molecule has 0 bridgehead atoms. The molecule has 5 nitrogen and oxygen atoms in total. The van der Waals surface area contributed by atoms with Gasteiger partial charge in [0.15, 0.2) is 6.61 Å². The van der Waals surface area contributed by atoms with Gasteiger partial charge in [0.25, 0.3) is 5.91 Å². The number of hydrogen-bond acceptors (Lipinski definition) is 4. The van der Waals surface area contributed by atoms with E-state index in [0.717, 1.165) is 16.7 Å². The Morgan fingerprint density at radius 1 is 1.41 bits per heavy atom. The summed E-state index contributed by atoms with van der Waals surface area (Å²) in [6.45, 7) is 3.66. The third-order valence-electron chi connectivity index (χ3n) is 2.87. The minimum Gasteiger partial charge on any atom is -0.484 e. The molecule has 114 valence electrons. The maximum absolute atomic E-state index is 11.7. The van der Waals surface area contributed by atoms with Crippen molar-refractivity contribution in [3.63, 3.8) is 0 Å². The molecular formula is C16H16ClN3O2. The number of aromatic nitrogens is 1. The number of halogens is 1. The molecule has 0 unspecified atom stereocenters. The van der Waals surface area contributed by atoms with Crippen LogP contribution in [0.4, 0.5) is 0 Å². The normalized spacial score (nSPS) is 10.7. The molecule has 1 aromatic heterocycles. The molecule has 1 aromatic carbocycles. The van der Waals surface area contributed by atoms with Gasteiger partial charge in [-0.25, -0.2) is 5.43 Å². The second kappa shape index (κ2) is 7.56. The van der Waals surface area contributed by atoms with Crippen molar-refractivity contribution in [3.05, 3.63) is 58.4 Å². The zero-order valence-corrected chi connectivity index (χ0v) is 13.1. The van der Waals surface area contributed by atoms with Gasteiger partial charge >= 0.3 is 0 Å². The van der Waals surface area contributed by atoms with Gasteiger partial charge < -0.3 is 4.74 Å². The summed E-state index contributed by atoms with van der Waals surface area (Å²) in [7, 11) is 0. The monoisotopic (exact) mass is 317 g/mol. The van der Waals surface area contributed by atoms with E-state index in [1.54, 1.807) is 30.6 Å². The number of nitrogens with one attached hydrogen (secondary N) is 1. The summed E-state index contributed by atoms with van der Waals surface area (Å²) in [5.74, 6) is 0.260. The number of rotatable bonds is 5. The van der Waals surface area contributed by atoms with Gasteiger partial charge in [-0.2, -0.15) is 5.10 Å². The van der Waals surface area contributed by atoms with Crippen LogP contribution in [-0.2, 0) is 4.79 Å². The van der Waals surface area contributed by atoms with E-state index in [4.69, 9.17) is 16.3 Å². The van der Waals surface area contributed by atoms with Crippen molar-refractivity contribution in [1.82, 2.24) is 10.4 Å². The van der Waals surface area contributed by atoms with Gasteiger partial charge in [-0.05, 0) is 43.2 Å². The topological polar surface area (TPSA) is 63.6 Å². The van der Waals surface area contributed by atoms with Crippen molar-refractivity contribution in [2.75, 3.05) is 6.61 Å². The molecule has 22 heavy (non-hydrogen) atoms. The lowest BCUT2D eigenvalue weighted by atomic mass is 10.1. The van der Waals surface area contributed by atoms with Crippen LogP contribution >= 0.6 is 11.6 Å². The Labute approximate surface area is 134 Å². The first-order valence-corrected chi connectivity index (χ1v) is 7.05. The summed E-state index contributed by atoms with van der Waals surface area (Å²) in [5.41, 5.74) is 5.01. The minimum atomic E-state index is -0.342. The highest BCUT2D eigenvalue weighted by Gasteiger charge is 2.06. The Morgan fingerprint density at radius 3 is 2.77 bits per heavy atom. The lowest BCUT2D eigenvalue weighted by Crippen LogP contribution is -2.24. The van der Waals surface area contributed by atoms with E-state index in [0.29, 0.717) is 10.8 Å². The number of ether oxygens (including phenoxy) is 1. The minimum absolute atomic E-state index is 0.120. The van der Waals surface area contributed by atoms with Gasteiger partial charge in [0.1, 0.15) is 5.75 Å². The molecule has 2 rings (SSSR count). The SMILES string of the molecule is Cc1cc(OCC(=O)NN=Cc2cccnc2)cc(C)c1Cl. The third kappa shape index (κ3) is 4.56. The standard InChI is InChI=1S/C16H16ClN3O2/c1-11-6-14(7-12(2)16(11)17)22-10-15(21)20-19-9-13-4-3-5-18-8-13/h3-9H,10H2,1-2H3,(H,20,21). The zero-order valence-electron chi connectivity index (χ0n) is 12.3. The number of benzene rings is 1. The Balaban J connectivity index is 1.84. The van der Waals surface area contributed by atoms with E-state index >= 15 is 0 Å². The first kappa shape index (κ1) is 16.0. The maximum atomic E-state index is 11.7. The van der Waals surface area contributed by atoms with E-state index in [1.165, 1.54) is 6.21 Å². The molecule has 1 heterocycles. The van der Waals surface area contributed by atoms with Gasteiger partial charge in [-0.15, -0.1) is 0 Å². The Kier molecular flexibility index (Phi) is 5.49. The molecule has 6 heteroatoms. The highest BCUT2D eigenvalue weighted by atomic mass is 35.5. The summed E-state index contributed by atoms with van der Waals surface area (Å²) in [6, 6.07) is 7.21. The van der Waals surface area contributed by atoms with Crippen molar-refractivity contribution in [3.8, 4) is 5.75 Å². The molecule has 0 fully saturated rings. The van der Waals surface area contributed by atoms with Crippen LogP contribution in [0.25, 0.3) is 0 Å².